The number of amides is 3. The van der Waals surface area contributed by atoms with Crippen molar-refractivity contribution in [3.8, 4) is 11.5 Å². The van der Waals surface area contributed by atoms with Crippen molar-refractivity contribution >= 4 is 17.7 Å². The van der Waals surface area contributed by atoms with Crippen LogP contribution in [0.1, 0.15) is 32.7 Å². The number of imide groups is 1. The maximum absolute atomic E-state index is 12.3. The molecule has 1 aromatic heterocycles. The van der Waals surface area contributed by atoms with Crippen LogP contribution in [0.2, 0.25) is 0 Å². The molecule has 2 heterocycles. The molecule has 0 saturated heterocycles. The van der Waals surface area contributed by atoms with E-state index in [1.165, 1.54) is 18.5 Å². The lowest BCUT2D eigenvalue weighted by Gasteiger charge is -2.13. The minimum Gasteiger partial charge on any atom is -0.493 e. The number of nitrogens with zero attached hydrogens (tertiary/aromatic N) is 2. The lowest BCUT2D eigenvalue weighted by Crippen LogP contribution is -2.35. The highest BCUT2D eigenvalue weighted by molar-refractivity contribution is 6.21. The molecule has 0 atom stereocenters. The molecule has 1 aliphatic heterocycles. The number of rotatable bonds is 8. The molecular weight excluding hydrogens is 362 g/mol. The molecule has 1 aliphatic rings. The minimum absolute atomic E-state index is 0.0362. The van der Waals surface area contributed by atoms with Gasteiger partial charge < -0.3 is 14.8 Å². The van der Waals surface area contributed by atoms with Gasteiger partial charge in [0.05, 0.1) is 25.3 Å². The van der Waals surface area contributed by atoms with E-state index in [-0.39, 0.29) is 30.3 Å². The minimum atomic E-state index is -0.411. The molecule has 0 aliphatic carbocycles. The number of fused-ring (bicyclic) bond motifs is 1. The normalized spacial score (nSPS) is 12.7. The van der Waals surface area contributed by atoms with E-state index in [1.807, 2.05) is 18.2 Å². The Morgan fingerprint density at radius 1 is 1.07 bits per heavy atom. The predicted molar refractivity (Wildman–Crippen MR) is 100 cm³/mol. The summed E-state index contributed by atoms with van der Waals surface area (Å²) in [6, 6.07) is 7.09. The maximum Gasteiger partial charge on any atom is 0.263 e. The smallest absolute Gasteiger partial charge is 0.263 e. The molecule has 0 unspecified atom stereocenters. The van der Waals surface area contributed by atoms with Gasteiger partial charge in [-0.3, -0.25) is 24.3 Å². The maximum atomic E-state index is 12.3. The number of carbonyl (C=O) groups is 3. The third kappa shape index (κ3) is 3.95. The van der Waals surface area contributed by atoms with E-state index >= 15 is 0 Å². The topological polar surface area (TPSA) is 97.8 Å². The van der Waals surface area contributed by atoms with Crippen LogP contribution in [0.15, 0.2) is 36.7 Å². The number of nitrogens with one attached hydrogen (secondary N) is 1. The molecule has 0 radical (unpaired) electrons. The molecule has 0 spiro atoms. The van der Waals surface area contributed by atoms with Crippen LogP contribution in [0.25, 0.3) is 0 Å². The number of aromatic nitrogens is 1. The van der Waals surface area contributed by atoms with Gasteiger partial charge in [0.25, 0.3) is 11.8 Å². The van der Waals surface area contributed by atoms with Gasteiger partial charge in [-0.2, -0.15) is 0 Å². The second-order valence-corrected chi connectivity index (χ2v) is 6.22. The molecule has 3 amide bonds. The summed E-state index contributed by atoms with van der Waals surface area (Å²) in [6.45, 7) is 0.467. The first kappa shape index (κ1) is 19.3. The highest BCUT2D eigenvalue weighted by Gasteiger charge is 2.35. The summed E-state index contributed by atoms with van der Waals surface area (Å²) in [6.07, 6.45) is 3.50. The summed E-state index contributed by atoms with van der Waals surface area (Å²) in [5.74, 6) is 0.250. The number of hydrogen-bond acceptors (Lipinski definition) is 6. The molecule has 1 aromatic carbocycles. The highest BCUT2D eigenvalue weighted by atomic mass is 16.5. The molecule has 146 valence electrons. The molecule has 0 fully saturated rings. The van der Waals surface area contributed by atoms with Gasteiger partial charge in [0.15, 0.2) is 11.5 Å². The lowest BCUT2D eigenvalue weighted by atomic mass is 10.1. The Morgan fingerprint density at radius 2 is 1.82 bits per heavy atom. The number of hydrogen-bond donors (Lipinski definition) is 1. The molecule has 0 saturated carbocycles. The van der Waals surface area contributed by atoms with Crippen LogP contribution < -0.4 is 14.8 Å². The summed E-state index contributed by atoms with van der Waals surface area (Å²) in [7, 11) is 3.14. The van der Waals surface area contributed by atoms with Crippen LogP contribution in [0.4, 0.5) is 0 Å². The van der Waals surface area contributed by atoms with Crippen LogP contribution in [-0.4, -0.2) is 54.9 Å². The second-order valence-electron chi connectivity index (χ2n) is 6.22. The van der Waals surface area contributed by atoms with Crippen molar-refractivity contribution < 1.29 is 23.9 Å². The molecule has 2 aromatic rings. The van der Waals surface area contributed by atoms with E-state index in [2.05, 4.69) is 10.3 Å². The molecule has 8 nitrogen and oxygen atoms in total. The van der Waals surface area contributed by atoms with Crippen LogP contribution in [-0.2, 0) is 11.2 Å². The zero-order valence-electron chi connectivity index (χ0n) is 15.7. The Hall–Kier alpha value is -3.42. The van der Waals surface area contributed by atoms with E-state index in [1.54, 1.807) is 14.2 Å². The van der Waals surface area contributed by atoms with E-state index in [9.17, 15) is 14.4 Å². The van der Waals surface area contributed by atoms with Gasteiger partial charge in [0.2, 0.25) is 5.91 Å². The summed E-state index contributed by atoms with van der Waals surface area (Å²) >= 11 is 0. The van der Waals surface area contributed by atoms with Gasteiger partial charge in [0.1, 0.15) is 0 Å². The van der Waals surface area contributed by atoms with Crippen molar-refractivity contribution in [3.05, 3.63) is 53.3 Å². The van der Waals surface area contributed by atoms with Gasteiger partial charge in [-0.15, -0.1) is 0 Å². The summed E-state index contributed by atoms with van der Waals surface area (Å²) < 4.78 is 10.5. The molecule has 1 N–H and O–H groups in total. The zero-order chi connectivity index (χ0) is 20.1. The fourth-order valence-corrected chi connectivity index (χ4v) is 3.02. The Kier molecular flexibility index (Phi) is 5.88. The van der Waals surface area contributed by atoms with Crippen LogP contribution in [0.3, 0.4) is 0 Å². The quantitative estimate of drug-likeness (QED) is 0.693. The Balaban J connectivity index is 1.47. The monoisotopic (exact) mass is 383 g/mol. The summed E-state index contributed by atoms with van der Waals surface area (Å²) in [5, 5.41) is 2.80. The van der Waals surface area contributed by atoms with Gasteiger partial charge >= 0.3 is 0 Å². The van der Waals surface area contributed by atoms with E-state index < -0.39 is 5.91 Å². The van der Waals surface area contributed by atoms with Crippen molar-refractivity contribution in [1.29, 1.82) is 0 Å². The number of benzene rings is 1. The van der Waals surface area contributed by atoms with Crippen LogP contribution >= 0.6 is 0 Å². The van der Waals surface area contributed by atoms with Crippen molar-refractivity contribution in [2.24, 2.45) is 0 Å². The third-order valence-electron chi connectivity index (χ3n) is 4.52. The zero-order valence-corrected chi connectivity index (χ0v) is 15.7. The fraction of sp³-hybridized carbons (Fsp3) is 0.300. The first-order valence-electron chi connectivity index (χ1n) is 8.83. The van der Waals surface area contributed by atoms with E-state index in [0.29, 0.717) is 30.0 Å². The van der Waals surface area contributed by atoms with Gasteiger partial charge in [-0.1, -0.05) is 6.07 Å². The third-order valence-corrected chi connectivity index (χ3v) is 4.52. The number of pyridine rings is 1. The van der Waals surface area contributed by atoms with Crippen molar-refractivity contribution in [2.45, 2.75) is 12.8 Å². The number of carbonyl (C=O) groups excluding carboxylic acids is 3. The second kappa shape index (κ2) is 8.51. The molecule has 0 bridgehead atoms. The van der Waals surface area contributed by atoms with Crippen LogP contribution in [0.5, 0.6) is 11.5 Å². The molecular formula is C20H21N3O5. The number of methoxy groups -OCH3 is 2. The van der Waals surface area contributed by atoms with Gasteiger partial charge in [-0.25, -0.2) is 0 Å². The Labute approximate surface area is 162 Å². The largest absolute Gasteiger partial charge is 0.493 e. The summed E-state index contributed by atoms with van der Waals surface area (Å²) in [5.41, 5.74) is 1.60. The van der Waals surface area contributed by atoms with Crippen molar-refractivity contribution in [3.63, 3.8) is 0 Å². The van der Waals surface area contributed by atoms with E-state index in [0.717, 1.165) is 10.5 Å². The molecule has 8 heteroatoms. The average molecular weight is 383 g/mol. The highest BCUT2D eigenvalue weighted by Crippen LogP contribution is 2.27. The Morgan fingerprint density at radius 3 is 2.54 bits per heavy atom. The average Bonchev–Trinajstić information content (AvgIpc) is 2.96. The standard InChI is InChI=1S/C20H21N3O5/c1-27-16-4-3-13(11-17(16)28-2)5-9-22-18(24)7-10-23-19(25)14-6-8-21-12-15(14)20(23)26/h3-4,6,8,11-12H,5,7,9-10H2,1-2H3,(H,22,24). The lowest BCUT2D eigenvalue weighted by molar-refractivity contribution is -0.121. The molecule has 3 rings (SSSR count). The first-order chi connectivity index (χ1) is 13.5. The van der Waals surface area contributed by atoms with Gasteiger partial charge in [0, 0.05) is 31.9 Å². The van der Waals surface area contributed by atoms with Gasteiger partial charge in [-0.05, 0) is 30.2 Å². The van der Waals surface area contributed by atoms with Crippen molar-refractivity contribution in [2.75, 3.05) is 27.3 Å². The predicted octanol–water partition coefficient (Wildman–Crippen LogP) is 1.44. The first-order valence-corrected chi connectivity index (χ1v) is 8.83. The fourth-order valence-electron chi connectivity index (χ4n) is 3.02. The van der Waals surface area contributed by atoms with Crippen molar-refractivity contribution in [1.82, 2.24) is 15.2 Å². The number of ether oxygens (including phenoxy) is 2. The SMILES string of the molecule is COc1ccc(CCNC(=O)CCN2C(=O)c3ccncc3C2=O)cc1OC. The Bertz CT molecular complexity index is 877. The van der Waals surface area contributed by atoms with E-state index in [4.69, 9.17) is 9.47 Å². The molecule has 28 heavy (non-hydrogen) atoms. The summed E-state index contributed by atoms with van der Waals surface area (Å²) in [4.78, 5) is 41.5. The van der Waals surface area contributed by atoms with Crippen LogP contribution in [0, 0.1) is 0 Å².